The van der Waals surface area contributed by atoms with Gasteiger partial charge in [-0.1, -0.05) is 31.4 Å². The number of likely N-dealkylation sites (tertiary alicyclic amines) is 1. The van der Waals surface area contributed by atoms with Gasteiger partial charge >= 0.3 is 0 Å². The average molecular weight is 430 g/mol. The van der Waals surface area contributed by atoms with E-state index >= 15 is 0 Å². The zero-order valence-corrected chi connectivity index (χ0v) is 19.3. The van der Waals surface area contributed by atoms with Gasteiger partial charge in [-0.05, 0) is 57.5 Å². The molecule has 1 saturated heterocycles. The molecule has 3 fully saturated rings. The number of aliphatic imine (C=N–C) groups is 1. The highest BCUT2D eigenvalue weighted by molar-refractivity contribution is 6.06. The third-order valence-electron chi connectivity index (χ3n) is 7.97. The van der Waals surface area contributed by atoms with Crippen molar-refractivity contribution in [1.29, 1.82) is 0 Å². The summed E-state index contributed by atoms with van der Waals surface area (Å²) >= 11 is 0. The molecule has 0 aromatic rings. The highest BCUT2D eigenvalue weighted by Crippen LogP contribution is 2.52. The maximum Gasteiger partial charge on any atom is 0.233 e. The van der Waals surface area contributed by atoms with E-state index in [2.05, 4.69) is 46.8 Å². The molecule has 31 heavy (non-hydrogen) atoms. The van der Waals surface area contributed by atoms with Gasteiger partial charge in [-0.3, -0.25) is 19.5 Å². The Morgan fingerprint density at radius 1 is 1.10 bits per heavy atom. The van der Waals surface area contributed by atoms with E-state index in [0.717, 1.165) is 31.3 Å². The van der Waals surface area contributed by atoms with Gasteiger partial charge in [-0.25, -0.2) is 0 Å². The molecule has 5 unspecified atom stereocenters. The Morgan fingerprint density at radius 2 is 1.74 bits per heavy atom. The fourth-order valence-electron chi connectivity index (χ4n) is 6.34. The Labute approximate surface area is 186 Å². The van der Waals surface area contributed by atoms with Gasteiger partial charge in [0, 0.05) is 32.7 Å². The quantitative estimate of drug-likeness (QED) is 0.202. The van der Waals surface area contributed by atoms with Crippen molar-refractivity contribution in [1.82, 2.24) is 20.4 Å². The molecule has 3 aliphatic carbocycles. The minimum Gasteiger partial charge on any atom is -0.356 e. The Kier molecular flexibility index (Phi) is 6.99. The SMILES string of the molecule is CN=C(NCCCN1C(=O)C2C3C=CC(C3)C2C1=O)NCC(C1CCCCC1)N(C)C. The number of fused-ring (bicyclic) bond motifs is 5. The number of amides is 2. The number of hydrogen-bond donors (Lipinski definition) is 2. The van der Waals surface area contributed by atoms with Crippen LogP contribution in [0, 0.1) is 29.6 Å². The van der Waals surface area contributed by atoms with E-state index in [1.807, 2.05) is 0 Å². The van der Waals surface area contributed by atoms with Crippen LogP contribution in [0.25, 0.3) is 0 Å². The van der Waals surface area contributed by atoms with Crippen LogP contribution in [0.4, 0.5) is 0 Å². The van der Waals surface area contributed by atoms with Crippen molar-refractivity contribution in [2.24, 2.45) is 34.6 Å². The van der Waals surface area contributed by atoms with Crippen LogP contribution >= 0.6 is 0 Å². The van der Waals surface area contributed by atoms with Crippen LogP contribution in [0.5, 0.6) is 0 Å². The number of allylic oxidation sites excluding steroid dienone is 2. The number of carbonyl (C=O) groups excluding carboxylic acids is 2. The van der Waals surface area contributed by atoms with Crippen molar-refractivity contribution in [3.8, 4) is 0 Å². The van der Waals surface area contributed by atoms with E-state index in [4.69, 9.17) is 0 Å². The van der Waals surface area contributed by atoms with Crippen LogP contribution < -0.4 is 10.6 Å². The number of imide groups is 1. The molecule has 0 aromatic carbocycles. The first-order valence-electron chi connectivity index (χ1n) is 12.2. The minimum atomic E-state index is -0.0901. The van der Waals surface area contributed by atoms with E-state index in [1.54, 1.807) is 7.05 Å². The van der Waals surface area contributed by atoms with E-state index in [9.17, 15) is 9.59 Å². The van der Waals surface area contributed by atoms with Crippen molar-refractivity contribution < 1.29 is 9.59 Å². The number of likely N-dealkylation sites (N-methyl/N-ethyl adjacent to an activating group) is 1. The summed E-state index contributed by atoms with van der Waals surface area (Å²) in [6, 6.07) is 0.502. The van der Waals surface area contributed by atoms with Crippen LogP contribution in [-0.4, -0.2) is 74.4 Å². The normalized spacial score (nSPS) is 31.6. The Morgan fingerprint density at radius 3 is 2.32 bits per heavy atom. The van der Waals surface area contributed by atoms with Crippen molar-refractivity contribution in [3.05, 3.63) is 12.2 Å². The molecule has 2 bridgehead atoms. The van der Waals surface area contributed by atoms with Crippen LogP contribution in [0.15, 0.2) is 17.1 Å². The standard InChI is InChI=1S/C24H39N5O2/c1-25-24(27-15-19(28(2)3)16-8-5-4-6-9-16)26-12-7-13-29-22(30)20-17-10-11-18(14-17)21(20)23(29)31/h10-11,16-21H,4-9,12-15H2,1-3H3,(H2,25,26,27). The molecule has 172 valence electrons. The lowest BCUT2D eigenvalue weighted by molar-refractivity contribution is -0.140. The number of nitrogens with zero attached hydrogens (tertiary/aromatic N) is 3. The Balaban J connectivity index is 1.20. The first-order chi connectivity index (χ1) is 15.0. The molecule has 1 aliphatic heterocycles. The van der Waals surface area contributed by atoms with Crippen LogP contribution in [0.3, 0.4) is 0 Å². The van der Waals surface area contributed by atoms with Gasteiger partial charge in [0.2, 0.25) is 11.8 Å². The maximum atomic E-state index is 12.8. The van der Waals surface area contributed by atoms with Crippen LogP contribution in [0.1, 0.15) is 44.9 Å². The number of hydrogen-bond acceptors (Lipinski definition) is 4. The summed E-state index contributed by atoms with van der Waals surface area (Å²) in [5.74, 6) is 2.02. The molecular formula is C24H39N5O2. The third-order valence-corrected chi connectivity index (χ3v) is 7.97. The van der Waals surface area contributed by atoms with Crippen molar-refractivity contribution in [2.75, 3.05) is 40.8 Å². The first kappa shape index (κ1) is 22.3. The van der Waals surface area contributed by atoms with Gasteiger partial charge in [-0.15, -0.1) is 0 Å². The average Bonchev–Trinajstić information content (AvgIpc) is 3.45. The summed E-state index contributed by atoms with van der Waals surface area (Å²) in [5, 5.41) is 6.85. The molecule has 1 heterocycles. The molecule has 4 rings (SSSR count). The van der Waals surface area contributed by atoms with Crippen molar-refractivity contribution in [2.45, 2.75) is 51.0 Å². The second-order valence-electron chi connectivity index (χ2n) is 9.99. The monoisotopic (exact) mass is 429 g/mol. The Bertz CT molecular complexity index is 697. The minimum absolute atomic E-state index is 0.0515. The summed E-state index contributed by atoms with van der Waals surface area (Å²) in [5.41, 5.74) is 0. The lowest BCUT2D eigenvalue weighted by atomic mass is 9.83. The van der Waals surface area contributed by atoms with Crippen LogP contribution in [-0.2, 0) is 9.59 Å². The van der Waals surface area contributed by atoms with E-state index < -0.39 is 0 Å². The summed E-state index contributed by atoms with van der Waals surface area (Å²) in [6.07, 6.45) is 12.7. The van der Waals surface area contributed by atoms with Crippen molar-refractivity contribution in [3.63, 3.8) is 0 Å². The van der Waals surface area contributed by atoms with Gasteiger partial charge in [0.05, 0.1) is 11.8 Å². The summed E-state index contributed by atoms with van der Waals surface area (Å²) in [7, 11) is 6.12. The second kappa shape index (κ2) is 9.72. The first-order valence-corrected chi connectivity index (χ1v) is 12.2. The number of nitrogens with one attached hydrogen (secondary N) is 2. The number of rotatable bonds is 8. The van der Waals surface area contributed by atoms with Crippen LogP contribution in [0.2, 0.25) is 0 Å². The molecule has 2 amide bonds. The predicted molar refractivity (Wildman–Crippen MR) is 122 cm³/mol. The topological polar surface area (TPSA) is 77.0 Å². The summed E-state index contributed by atoms with van der Waals surface area (Å²) < 4.78 is 0. The van der Waals surface area contributed by atoms with Gasteiger partial charge in [0.15, 0.2) is 5.96 Å². The molecule has 0 aromatic heterocycles. The highest BCUT2D eigenvalue weighted by atomic mass is 16.2. The number of guanidine groups is 1. The third kappa shape index (κ3) is 4.52. The zero-order valence-electron chi connectivity index (χ0n) is 19.3. The molecule has 7 heteroatoms. The lowest BCUT2D eigenvalue weighted by Crippen LogP contribution is -2.48. The molecule has 0 spiro atoms. The van der Waals surface area contributed by atoms with E-state index in [0.29, 0.717) is 19.1 Å². The van der Waals surface area contributed by atoms with Gasteiger partial charge < -0.3 is 15.5 Å². The lowest BCUT2D eigenvalue weighted by Gasteiger charge is -2.35. The maximum absolute atomic E-state index is 12.8. The fourth-order valence-corrected chi connectivity index (χ4v) is 6.34. The molecule has 2 N–H and O–H groups in total. The molecule has 2 saturated carbocycles. The van der Waals surface area contributed by atoms with E-state index in [-0.39, 0.29) is 35.5 Å². The van der Waals surface area contributed by atoms with Gasteiger partial charge in [0.1, 0.15) is 0 Å². The fraction of sp³-hybridized carbons (Fsp3) is 0.792. The molecule has 7 nitrogen and oxygen atoms in total. The predicted octanol–water partition coefficient (Wildman–Crippen LogP) is 1.86. The zero-order chi connectivity index (χ0) is 22.0. The van der Waals surface area contributed by atoms with Gasteiger partial charge in [-0.2, -0.15) is 0 Å². The molecular weight excluding hydrogens is 390 g/mol. The largest absolute Gasteiger partial charge is 0.356 e. The van der Waals surface area contributed by atoms with E-state index in [1.165, 1.54) is 37.0 Å². The summed E-state index contributed by atoms with van der Waals surface area (Å²) in [4.78, 5) is 33.8. The summed E-state index contributed by atoms with van der Waals surface area (Å²) in [6.45, 7) is 2.06. The molecule has 4 aliphatic rings. The van der Waals surface area contributed by atoms with Crippen molar-refractivity contribution >= 4 is 17.8 Å². The molecule has 0 radical (unpaired) electrons. The van der Waals surface area contributed by atoms with Gasteiger partial charge in [0.25, 0.3) is 0 Å². The second-order valence-corrected chi connectivity index (χ2v) is 9.99. The smallest absolute Gasteiger partial charge is 0.233 e. The Hall–Kier alpha value is -1.89. The number of carbonyl (C=O) groups is 2. The molecule has 5 atom stereocenters. The highest BCUT2D eigenvalue weighted by Gasteiger charge is 2.58.